The summed E-state index contributed by atoms with van der Waals surface area (Å²) in [4.78, 5) is 0. The number of hydrogen-bond donors (Lipinski definition) is 1. The van der Waals surface area contributed by atoms with E-state index in [2.05, 4.69) is 26.1 Å². The fourth-order valence-corrected chi connectivity index (χ4v) is 5.07. The van der Waals surface area contributed by atoms with Crippen molar-refractivity contribution >= 4 is 0 Å². The predicted molar refractivity (Wildman–Crippen MR) is 89.0 cm³/mol. The lowest BCUT2D eigenvalue weighted by Crippen LogP contribution is -2.52. The van der Waals surface area contributed by atoms with Crippen molar-refractivity contribution in [3.05, 3.63) is 0 Å². The second kappa shape index (κ2) is 7.82. The molecule has 3 unspecified atom stereocenters. The van der Waals surface area contributed by atoms with E-state index in [0.29, 0.717) is 5.41 Å². The van der Waals surface area contributed by atoms with Crippen LogP contribution in [0.25, 0.3) is 0 Å². The number of hydrogen-bond acceptors (Lipinski definition) is 1. The van der Waals surface area contributed by atoms with Gasteiger partial charge in [0.05, 0.1) is 0 Å². The number of rotatable bonds is 6. The second-order valence-electron chi connectivity index (χ2n) is 7.76. The SMILES string of the molecule is CCCNC(C1CCCCC1CC)C1(C)CCCCC1. The largest absolute Gasteiger partial charge is 0.313 e. The molecule has 0 radical (unpaired) electrons. The summed E-state index contributed by atoms with van der Waals surface area (Å²) in [5, 5.41) is 4.01. The van der Waals surface area contributed by atoms with Gasteiger partial charge in [-0.1, -0.05) is 65.7 Å². The van der Waals surface area contributed by atoms with Crippen molar-refractivity contribution in [2.24, 2.45) is 17.3 Å². The van der Waals surface area contributed by atoms with Gasteiger partial charge in [-0.25, -0.2) is 0 Å². The maximum Gasteiger partial charge on any atom is 0.0152 e. The van der Waals surface area contributed by atoms with Gasteiger partial charge in [0.25, 0.3) is 0 Å². The molecule has 0 amide bonds. The molecular formula is C19H37N. The number of nitrogens with one attached hydrogen (secondary N) is 1. The van der Waals surface area contributed by atoms with Crippen LogP contribution in [-0.2, 0) is 0 Å². The maximum absolute atomic E-state index is 4.01. The molecule has 1 N–H and O–H groups in total. The Morgan fingerprint density at radius 1 is 1.00 bits per heavy atom. The molecule has 0 spiro atoms. The molecular weight excluding hydrogens is 242 g/mol. The van der Waals surface area contributed by atoms with Crippen LogP contribution in [-0.4, -0.2) is 12.6 Å². The van der Waals surface area contributed by atoms with Crippen LogP contribution < -0.4 is 5.32 Å². The summed E-state index contributed by atoms with van der Waals surface area (Å²) in [5.41, 5.74) is 0.572. The van der Waals surface area contributed by atoms with Crippen molar-refractivity contribution in [3.8, 4) is 0 Å². The van der Waals surface area contributed by atoms with Crippen LogP contribution in [0.5, 0.6) is 0 Å². The molecule has 118 valence electrons. The summed E-state index contributed by atoms with van der Waals surface area (Å²) in [6, 6.07) is 0.785. The lowest BCUT2D eigenvalue weighted by atomic mass is 9.61. The van der Waals surface area contributed by atoms with Crippen molar-refractivity contribution in [2.45, 2.75) is 97.4 Å². The predicted octanol–water partition coefficient (Wildman–Crippen LogP) is 5.54. The van der Waals surface area contributed by atoms with E-state index in [1.807, 2.05) is 0 Å². The Kier molecular flexibility index (Phi) is 6.39. The van der Waals surface area contributed by atoms with Gasteiger partial charge in [0, 0.05) is 6.04 Å². The minimum atomic E-state index is 0.572. The van der Waals surface area contributed by atoms with E-state index in [9.17, 15) is 0 Å². The lowest BCUT2D eigenvalue weighted by Gasteiger charge is -2.48. The standard InChI is InChI=1S/C19H37N/c1-4-15-20-18(19(3)13-9-6-10-14-19)17-12-8-7-11-16(17)5-2/h16-18,20H,4-15H2,1-3H3. The molecule has 0 aromatic rings. The normalized spacial score (nSPS) is 31.9. The molecule has 0 aromatic carbocycles. The zero-order chi connectivity index (χ0) is 14.4. The van der Waals surface area contributed by atoms with E-state index in [0.717, 1.165) is 17.9 Å². The third-order valence-electron chi connectivity index (χ3n) is 6.28. The Bertz CT molecular complexity index is 267. The molecule has 2 fully saturated rings. The van der Waals surface area contributed by atoms with E-state index < -0.39 is 0 Å². The topological polar surface area (TPSA) is 12.0 Å². The van der Waals surface area contributed by atoms with Gasteiger partial charge < -0.3 is 5.32 Å². The molecule has 2 saturated carbocycles. The molecule has 1 heteroatoms. The zero-order valence-electron chi connectivity index (χ0n) is 14.2. The minimum Gasteiger partial charge on any atom is -0.313 e. The zero-order valence-corrected chi connectivity index (χ0v) is 14.2. The third kappa shape index (κ3) is 3.78. The van der Waals surface area contributed by atoms with Crippen molar-refractivity contribution < 1.29 is 0 Å². The smallest absolute Gasteiger partial charge is 0.0152 e. The van der Waals surface area contributed by atoms with Gasteiger partial charge in [0.15, 0.2) is 0 Å². The van der Waals surface area contributed by atoms with Gasteiger partial charge in [0.1, 0.15) is 0 Å². The van der Waals surface area contributed by atoms with E-state index in [-0.39, 0.29) is 0 Å². The van der Waals surface area contributed by atoms with Crippen LogP contribution >= 0.6 is 0 Å². The summed E-state index contributed by atoms with van der Waals surface area (Å²) < 4.78 is 0. The van der Waals surface area contributed by atoms with Gasteiger partial charge in [-0.05, 0) is 49.5 Å². The van der Waals surface area contributed by atoms with Crippen LogP contribution in [0.4, 0.5) is 0 Å². The molecule has 3 atom stereocenters. The first-order valence-electron chi connectivity index (χ1n) is 9.44. The van der Waals surface area contributed by atoms with Crippen LogP contribution in [0.2, 0.25) is 0 Å². The van der Waals surface area contributed by atoms with E-state index >= 15 is 0 Å². The van der Waals surface area contributed by atoms with Gasteiger partial charge in [-0.3, -0.25) is 0 Å². The highest BCUT2D eigenvalue weighted by atomic mass is 14.9. The Labute approximate surface area is 127 Å². The first-order chi connectivity index (χ1) is 9.71. The molecule has 0 heterocycles. The molecule has 0 bridgehead atoms. The Morgan fingerprint density at radius 2 is 1.70 bits per heavy atom. The molecule has 0 aromatic heterocycles. The van der Waals surface area contributed by atoms with Gasteiger partial charge >= 0.3 is 0 Å². The van der Waals surface area contributed by atoms with E-state index in [1.165, 1.54) is 77.2 Å². The quantitative estimate of drug-likeness (QED) is 0.673. The lowest BCUT2D eigenvalue weighted by molar-refractivity contribution is 0.0548. The van der Waals surface area contributed by atoms with Gasteiger partial charge in [-0.15, -0.1) is 0 Å². The van der Waals surface area contributed by atoms with E-state index in [1.54, 1.807) is 0 Å². The molecule has 20 heavy (non-hydrogen) atoms. The van der Waals surface area contributed by atoms with Crippen molar-refractivity contribution in [1.29, 1.82) is 0 Å². The minimum absolute atomic E-state index is 0.572. The van der Waals surface area contributed by atoms with E-state index in [4.69, 9.17) is 0 Å². The highest BCUT2D eigenvalue weighted by Gasteiger charge is 2.42. The van der Waals surface area contributed by atoms with Gasteiger partial charge in [-0.2, -0.15) is 0 Å². The van der Waals surface area contributed by atoms with Crippen LogP contribution in [0.15, 0.2) is 0 Å². The van der Waals surface area contributed by atoms with Crippen LogP contribution in [0, 0.1) is 17.3 Å². The van der Waals surface area contributed by atoms with Crippen molar-refractivity contribution in [1.82, 2.24) is 5.32 Å². The average Bonchev–Trinajstić information content (AvgIpc) is 2.48. The molecule has 0 saturated heterocycles. The highest BCUT2D eigenvalue weighted by Crippen LogP contribution is 2.46. The summed E-state index contributed by atoms with van der Waals surface area (Å²) in [6.07, 6.45) is 15.9. The van der Waals surface area contributed by atoms with Crippen molar-refractivity contribution in [3.63, 3.8) is 0 Å². The average molecular weight is 280 g/mol. The van der Waals surface area contributed by atoms with Crippen LogP contribution in [0.3, 0.4) is 0 Å². The first kappa shape index (κ1) is 16.3. The summed E-state index contributed by atoms with van der Waals surface area (Å²) in [7, 11) is 0. The fourth-order valence-electron chi connectivity index (χ4n) is 5.07. The fraction of sp³-hybridized carbons (Fsp3) is 1.00. The van der Waals surface area contributed by atoms with Crippen molar-refractivity contribution in [2.75, 3.05) is 6.54 Å². The second-order valence-corrected chi connectivity index (χ2v) is 7.76. The Balaban J connectivity index is 2.12. The molecule has 2 aliphatic carbocycles. The summed E-state index contributed by atoms with van der Waals surface area (Å²) in [5.74, 6) is 1.93. The molecule has 1 nitrogen and oxygen atoms in total. The summed E-state index contributed by atoms with van der Waals surface area (Å²) in [6.45, 7) is 8.54. The monoisotopic (exact) mass is 279 g/mol. The van der Waals surface area contributed by atoms with Crippen LogP contribution in [0.1, 0.15) is 91.4 Å². The Hall–Kier alpha value is -0.0400. The molecule has 0 aliphatic heterocycles. The summed E-state index contributed by atoms with van der Waals surface area (Å²) >= 11 is 0. The van der Waals surface area contributed by atoms with Gasteiger partial charge in [0.2, 0.25) is 0 Å². The first-order valence-corrected chi connectivity index (χ1v) is 9.44. The molecule has 2 aliphatic rings. The highest BCUT2D eigenvalue weighted by molar-refractivity contribution is 4.96. The Morgan fingerprint density at radius 3 is 2.35 bits per heavy atom. The third-order valence-corrected chi connectivity index (χ3v) is 6.28. The maximum atomic E-state index is 4.01. The molecule has 2 rings (SSSR count).